The van der Waals surface area contributed by atoms with E-state index in [4.69, 9.17) is 5.11 Å². The van der Waals surface area contributed by atoms with Crippen LogP contribution in [0.25, 0.3) is 0 Å². The fourth-order valence-corrected chi connectivity index (χ4v) is 2.06. The summed E-state index contributed by atoms with van der Waals surface area (Å²) in [7, 11) is 0. The highest BCUT2D eigenvalue weighted by Gasteiger charge is 1.98. The molecule has 0 atom stereocenters. The van der Waals surface area contributed by atoms with Crippen LogP contribution in [0.3, 0.4) is 0 Å². The van der Waals surface area contributed by atoms with Crippen molar-refractivity contribution in [3.05, 3.63) is 35.4 Å². The number of benzene rings is 1. The molecule has 0 aliphatic carbocycles. The maximum atomic E-state index is 10.4. The van der Waals surface area contributed by atoms with Crippen LogP contribution >= 0.6 is 0 Å². The van der Waals surface area contributed by atoms with Gasteiger partial charge in [-0.1, -0.05) is 44.0 Å². The molecule has 0 aromatic heterocycles. The average molecular weight is 248 g/mol. The standard InChI is InChI=1S/C16H24O2/c1-2-3-4-7-14-10-12-15(13-11-14)8-5-6-9-16(17)18/h10-13H,2-9H2,1H3,(H,17,18). The fourth-order valence-electron chi connectivity index (χ4n) is 2.06. The van der Waals surface area contributed by atoms with E-state index in [1.165, 1.54) is 36.8 Å². The quantitative estimate of drug-likeness (QED) is 0.664. The Morgan fingerprint density at radius 1 is 0.944 bits per heavy atom. The Labute approximate surface area is 110 Å². The van der Waals surface area contributed by atoms with Crippen molar-refractivity contribution in [3.8, 4) is 0 Å². The largest absolute Gasteiger partial charge is 0.481 e. The topological polar surface area (TPSA) is 37.3 Å². The number of aryl methyl sites for hydroxylation is 2. The van der Waals surface area contributed by atoms with Gasteiger partial charge in [0.15, 0.2) is 0 Å². The Morgan fingerprint density at radius 2 is 1.44 bits per heavy atom. The normalized spacial score (nSPS) is 10.5. The summed E-state index contributed by atoms with van der Waals surface area (Å²) >= 11 is 0. The van der Waals surface area contributed by atoms with Crippen molar-refractivity contribution in [2.45, 2.75) is 58.3 Å². The number of unbranched alkanes of at least 4 members (excludes halogenated alkanes) is 3. The van der Waals surface area contributed by atoms with Crippen molar-refractivity contribution in [2.75, 3.05) is 0 Å². The average Bonchev–Trinajstić information content (AvgIpc) is 2.36. The molecule has 0 amide bonds. The molecule has 0 aliphatic heterocycles. The first-order valence-corrected chi connectivity index (χ1v) is 7.02. The summed E-state index contributed by atoms with van der Waals surface area (Å²) in [6.07, 6.45) is 8.02. The lowest BCUT2D eigenvalue weighted by atomic mass is 10.0. The van der Waals surface area contributed by atoms with E-state index in [1.54, 1.807) is 0 Å². The predicted octanol–water partition coefficient (Wildman–Crippen LogP) is 4.22. The van der Waals surface area contributed by atoms with Crippen molar-refractivity contribution in [3.63, 3.8) is 0 Å². The molecule has 1 aromatic carbocycles. The number of carboxylic acid groups (broad SMARTS) is 1. The van der Waals surface area contributed by atoms with Crippen molar-refractivity contribution >= 4 is 5.97 Å². The molecule has 1 rings (SSSR count). The Morgan fingerprint density at radius 3 is 1.89 bits per heavy atom. The van der Waals surface area contributed by atoms with E-state index < -0.39 is 5.97 Å². The predicted molar refractivity (Wildman–Crippen MR) is 74.9 cm³/mol. The van der Waals surface area contributed by atoms with E-state index in [2.05, 4.69) is 31.2 Å². The highest BCUT2D eigenvalue weighted by Crippen LogP contribution is 2.11. The lowest BCUT2D eigenvalue weighted by molar-refractivity contribution is -0.137. The van der Waals surface area contributed by atoms with Crippen LogP contribution in [0.15, 0.2) is 24.3 Å². The first-order chi connectivity index (χ1) is 8.72. The van der Waals surface area contributed by atoms with Crippen LogP contribution in [-0.4, -0.2) is 11.1 Å². The van der Waals surface area contributed by atoms with Crippen LogP contribution < -0.4 is 0 Å². The molecule has 1 aromatic rings. The monoisotopic (exact) mass is 248 g/mol. The molecule has 2 nitrogen and oxygen atoms in total. The second-order valence-electron chi connectivity index (χ2n) is 4.87. The number of aliphatic carboxylic acids is 1. The minimum Gasteiger partial charge on any atom is -0.481 e. The van der Waals surface area contributed by atoms with E-state index in [0.29, 0.717) is 0 Å². The van der Waals surface area contributed by atoms with Crippen LogP contribution in [0.5, 0.6) is 0 Å². The molecule has 0 fully saturated rings. The molecular formula is C16H24O2. The van der Waals surface area contributed by atoms with Crippen LogP contribution in [-0.2, 0) is 17.6 Å². The van der Waals surface area contributed by atoms with Gasteiger partial charge in [-0.15, -0.1) is 0 Å². The summed E-state index contributed by atoms with van der Waals surface area (Å²) in [6, 6.07) is 8.79. The van der Waals surface area contributed by atoms with Gasteiger partial charge >= 0.3 is 5.97 Å². The minimum absolute atomic E-state index is 0.287. The maximum Gasteiger partial charge on any atom is 0.303 e. The van der Waals surface area contributed by atoms with Crippen molar-refractivity contribution in [1.82, 2.24) is 0 Å². The summed E-state index contributed by atoms with van der Waals surface area (Å²) < 4.78 is 0. The number of carbonyl (C=O) groups is 1. The van der Waals surface area contributed by atoms with Gasteiger partial charge in [-0.25, -0.2) is 0 Å². The number of rotatable bonds is 9. The van der Waals surface area contributed by atoms with Crippen LogP contribution in [0.1, 0.15) is 56.6 Å². The summed E-state index contributed by atoms with van der Waals surface area (Å²) in [5, 5.41) is 8.55. The van der Waals surface area contributed by atoms with Gasteiger partial charge in [0.25, 0.3) is 0 Å². The fraction of sp³-hybridized carbons (Fsp3) is 0.562. The zero-order valence-corrected chi connectivity index (χ0v) is 11.3. The van der Waals surface area contributed by atoms with Gasteiger partial charge in [0.1, 0.15) is 0 Å². The Balaban J connectivity index is 2.25. The highest BCUT2D eigenvalue weighted by atomic mass is 16.4. The van der Waals surface area contributed by atoms with Gasteiger partial charge in [-0.2, -0.15) is 0 Å². The second-order valence-corrected chi connectivity index (χ2v) is 4.87. The highest BCUT2D eigenvalue weighted by molar-refractivity contribution is 5.66. The smallest absolute Gasteiger partial charge is 0.303 e. The Bertz CT molecular complexity index is 341. The van der Waals surface area contributed by atoms with E-state index in [-0.39, 0.29) is 6.42 Å². The third-order valence-electron chi connectivity index (χ3n) is 3.20. The van der Waals surface area contributed by atoms with Crippen LogP contribution in [0, 0.1) is 0 Å². The van der Waals surface area contributed by atoms with Gasteiger partial charge in [0.2, 0.25) is 0 Å². The molecule has 0 spiro atoms. The number of hydrogen-bond acceptors (Lipinski definition) is 1. The summed E-state index contributed by atoms with van der Waals surface area (Å²) in [4.78, 5) is 10.4. The molecule has 1 N–H and O–H groups in total. The zero-order chi connectivity index (χ0) is 13.2. The Hall–Kier alpha value is -1.31. The van der Waals surface area contributed by atoms with E-state index in [0.717, 1.165) is 19.3 Å². The van der Waals surface area contributed by atoms with Crippen molar-refractivity contribution in [2.24, 2.45) is 0 Å². The molecule has 0 saturated carbocycles. The zero-order valence-electron chi connectivity index (χ0n) is 11.3. The number of hydrogen-bond donors (Lipinski definition) is 1. The molecule has 0 saturated heterocycles. The molecule has 100 valence electrons. The third kappa shape index (κ3) is 6.43. The summed E-state index contributed by atoms with van der Waals surface area (Å²) in [6.45, 7) is 2.22. The lowest BCUT2D eigenvalue weighted by Crippen LogP contribution is -1.95. The van der Waals surface area contributed by atoms with Gasteiger partial charge in [0, 0.05) is 6.42 Å². The molecule has 18 heavy (non-hydrogen) atoms. The van der Waals surface area contributed by atoms with Gasteiger partial charge in [-0.05, 0) is 43.2 Å². The molecule has 0 bridgehead atoms. The molecule has 0 heterocycles. The van der Waals surface area contributed by atoms with Gasteiger partial charge in [-0.3, -0.25) is 4.79 Å². The van der Waals surface area contributed by atoms with Crippen molar-refractivity contribution < 1.29 is 9.90 Å². The maximum absolute atomic E-state index is 10.4. The van der Waals surface area contributed by atoms with Crippen molar-refractivity contribution in [1.29, 1.82) is 0 Å². The number of carboxylic acids is 1. The molecule has 0 radical (unpaired) electrons. The minimum atomic E-state index is -0.693. The first-order valence-electron chi connectivity index (χ1n) is 7.02. The van der Waals surface area contributed by atoms with E-state index in [1.807, 2.05) is 0 Å². The second kappa shape index (κ2) is 8.73. The van der Waals surface area contributed by atoms with Crippen LogP contribution in [0.2, 0.25) is 0 Å². The first kappa shape index (κ1) is 14.7. The van der Waals surface area contributed by atoms with Gasteiger partial charge < -0.3 is 5.11 Å². The Kier molecular flexibility index (Phi) is 7.16. The van der Waals surface area contributed by atoms with Gasteiger partial charge in [0.05, 0.1) is 0 Å². The molecular weight excluding hydrogens is 224 g/mol. The molecule has 2 heteroatoms. The molecule has 0 unspecified atom stereocenters. The van der Waals surface area contributed by atoms with Crippen LogP contribution in [0.4, 0.5) is 0 Å². The lowest BCUT2D eigenvalue weighted by Gasteiger charge is -2.04. The summed E-state index contributed by atoms with van der Waals surface area (Å²) in [5.74, 6) is -0.693. The van der Waals surface area contributed by atoms with E-state index >= 15 is 0 Å². The SMILES string of the molecule is CCCCCc1ccc(CCCCC(=O)O)cc1. The van der Waals surface area contributed by atoms with E-state index in [9.17, 15) is 4.79 Å². The third-order valence-corrected chi connectivity index (χ3v) is 3.20. The molecule has 0 aliphatic rings. The summed E-state index contributed by atoms with van der Waals surface area (Å²) in [5.41, 5.74) is 2.73.